The summed E-state index contributed by atoms with van der Waals surface area (Å²) in [5.41, 5.74) is 5.33. The minimum atomic E-state index is -0.611. The summed E-state index contributed by atoms with van der Waals surface area (Å²) in [6.07, 6.45) is 0.243. The smallest absolute Gasteiger partial charge is 0.270 e. The third-order valence-corrected chi connectivity index (χ3v) is 6.49. The van der Waals surface area contributed by atoms with Crippen molar-refractivity contribution in [2.45, 2.75) is 26.0 Å². The van der Waals surface area contributed by atoms with Crippen LogP contribution in [0, 0.1) is 6.92 Å². The van der Waals surface area contributed by atoms with Gasteiger partial charge in [-0.05, 0) is 42.7 Å². The molecule has 1 fully saturated rings. The predicted octanol–water partition coefficient (Wildman–Crippen LogP) is 2.91. The first-order valence-electron chi connectivity index (χ1n) is 10.8. The number of carbonyl (C=O) groups excluding carboxylic acids is 2. The summed E-state index contributed by atoms with van der Waals surface area (Å²) < 4.78 is 7.75. The van der Waals surface area contributed by atoms with Gasteiger partial charge in [0.15, 0.2) is 6.10 Å². The average Bonchev–Trinajstić information content (AvgIpc) is 3.13. The van der Waals surface area contributed by atoms with Crippen LogP contribution in [0.1, 0.15) is 27.2 Å². The number of carbonyl (C=O) groups is 2. The van der Waals surface area contributed by atoms with Gasteiger partial charge in [0.2, 0.25) is 0 Å². The number of hydrogen-bond donors (Lipinski definition) is 0. The molecule has 6 nitrogen and oxygen atoms in total. The molecule has 0 aliphatic carbocycles. The van der Waals surface area contributed by atoms with E-state index in [1.54, 1.807) is 4.90 Å². The molecule has 5 rings (SSSR count). The van der Waals surface area contributed by atoms with Gasteiger partial charge in [-0.15, -0.1) is 0 Å². The zero-order valence-corrected chi connectivity index (χ0v) is 18.0. The van der Waals surface area contributed by atoms with Crippen LogP contribution in [0.15, 0.2) is 48.5 Å². The van der Waals surface area contributed by atoms with Gasteiger partial charge in [0.25, 0.3) is 11.8 Å². The van der Waals surface area contributed by atoms with E-state index in [0.717, 1.165) is 22.9 Å². The fraction of sp³-hybridized carbons (Fsp3) is 0.360. The number of amides is 2. The number of nitrogens with zero attached hydrogens (tertiary/aromatic N) is 3. The molecule has 2 aliphatic rings. The molecule has 0 saturated carbocycles. The second-order valence-corrected chi connectivity index (χ2v) is 8.54. The summed E-state index contributed by atoms with van der Waals surface area (Å²) in [6.45, 7) is 4.49. The Bertz CT molecular complexity index is 1170. The molecule has 3 heterocycles. The van der Waals surface area contributed by atoms with E-state index in [2.05, 4.69) is 24.3 Å². The Morgan fingerprint density at radius 1 is 1.00 bits per heavy atom. The highest BCUT2D eigenvalue weighted by Crippen LogP contribution is 2.23. The Hall–Kier alpha value is -3.12. The van der Waals surface area contributed by atoms with E-state index >= 15 is 0 Å². The quantitative estimate of drug-likeness (QED) is 0.644. The lowest BCUT2D eigenvalue weighted by Crippen LogP contribution is -2.53. The summed E-state index contributed by atoms with van der Waals surface area (Å²) in [5.74, 6) is -0.0823. The molecule has 2 amide bonds. The maximum Gasteiger partial charge on any atom is 0.270 e. The van der Waals surface area contributed by atoms with Crippen molar-refractivity contribution >= 4 is 22.7 Å². The third-order valence-electron chi connectivity index (χ3n) is 6.49. The van der Waals surface area contributed by atoms with Crippen molar-refractivity contribution in [3.63, 3.8) is 0 Å². The number of rotatable bonds is 2. The van der Waals surface area contributed by atoms with E-state index in [-0.39, 0.29) is 18.4 Å². The molecular formula is C25H27N3O3. The topological polar surface area (TPSA) is 54.8 Å². The Kier molecular flexibility index (Phi) is 5.02. The summed E-state index contributed by atoms with van der Waals surface area (Å²) in [4.78, 5) is 30.1. The molecule has 3 aromatic rings. The fourth-order valence-electron chi connectivity index (χ4n) is 4.71. The molecule has 1 unspecified atom stereocenters. The van der Waals surface area contributed by atoms with Crippen LogP contribution < -0.4 is 0 Å². The molecule has 31 heavy (non-hydrogen) atoms. The molecule has 1 aromatic heterocycles. The van der Waals surface area contributed by atoms with Gasteiger partial charge in [-0.2, -0.15) is 0 Å². The largest absolute Gasteiger partial charge is 0.365 e. The normalized spacial score (nSPS) is 18.8. The minimum absolute atomic E-state index is 0.0281. The van der Waals surface area contributed by atoms with Crippen molar-refractivity contribution in [1.82, 2.24) is 14.4 Å². The second-order valence-electron chi connectivity index (χ2n) is 8.54. The zero-order valence-electron chi connectivity index (χ0n) is 18.0. The number of hydrogen-bond acceptors (Lipinski definition) is 3. The van der Waals surface area contributed by atoms with Crippen LogP contribution in [-0.4, -0.2) is 58.5 Å². The Balaban J connectivity index is 1.32. The van der Waals surface area contributed by atoms with Crippen molar-refractivity contribution in [3.05, 3.63) is 70.9 Å². The summed E-state index contributed by atoms with van der Waals surface area (Å²) in [7, 11) is 1.92. The Morgan fingerprint density at radius 2 is 1.81 bits per heavy atom. The first-order chi connectivity index (χ1) is 15.0. The molecular weight excluding hydrogens is 390 g/mol. The maximum atomic E-state index is 13.3. The molecule has 0 spiro atoms. The lowest BCUT2D eigenvalue weighted by atomic mass is 9.99. The van der Waals surface area contributed by atoms with Crippen LogP contribution in [0.5, 0.6) is 0 Å². The van der Waals surface area contributed by atoms with E-state index in [4.69, 9.17) is 4.74 Å². The van der Waals surface area contributed by atoms with Crippen LogP contribution in [0.3, 0.4) is 0 Å². The molecule has 1 saturated heterocycles. The van der Waals surface area contributed by atoms with Gasteiger partial charge in [-0.3, -0.25) is 9.59 Å². The van der Waals surface area contributed by atoms with Gasteiger partial charge >= 0.3 is 0 Å². The lowest BCUT2D eigenvalue weighted by molar-refractivity contribution is -0.149. The highest BCUT2D eigenvalue weighted by molar-refractivity contribution is 5.99. The molecule has 2 aliphatic heterocycles. The number of benzene rings is 2. The number of morpholine rings is 1. The number of ether oxygens (including phenoxy) is 1. The highest BCUT2D eigenvalue weighted by atomic mass is 16.5. The van der Waals surface area contributed by atoms with E-state index in [1.165, 1.54) is 11.1 Å². The summed E-state index contributed by atoms with van der Waals surface area (Å²) in [6, 6.07) is 16.4. The van der Waals surface area contributed by atoms with E-state index in [9.17, 15) is 9.59 Å². The van der Waals surface area contributed by atoms with Gasteiger partial charge < -0.3 is 19.1 Å². The zero-order chi connectivity index (χ0) is 21.5. The van der Waals surface area contributed by atoms with E-state index in [1.807, 2.05) is 47.7 Å². The van der Waals surface area contributed by atoms with Crippen molar-refractivity contribution < 1.29 is 14.3 Å². The van der Waals surface area contributed by atoms with Crippen molar-refractivity contribution in [3.8, 4) is 0 Å². The van der Waals surface area contributed by atoms with Gasteiger partial charge in [-0.25, -0.2) is 0 Å². The van der Waals surface area contributed by atoms with Crippen molar-refractivity contribution in [1.29, 1.82) is 0 Å². The van der Waals surface area contributed by atoms with E-state index in [0.29, 0.717) is 31.9 Å². The number of fused-ring (bicyclic) bond motifs is 2. The SMILES string of the molecule is Cc1ccc2c(c1)cc(C(=O)N1CCOC(C(=O)N3CCc4ccccc4C3)C1)n2C. The van der Waals surface area contributed by atoms with Crippen LogP contribution in [0.4, 0.5) is 0 Å². The summed E-state index contributed by atoms with van der Waals surface area (Å²) >= 11 is 0. The van der Waals surface area contributed by atoms with Gasteiger partial charge in [0, 0.05) is 37.6 Å². The van der Waals surface area contributed by atoms with Crippen LogP contribution in [0.25, 0.3) is 10.9 Å². The molecule has 1 atom stereocenters. The predicted molar refractivity (Wildman–Crippen MR) is 119 cm³/mol. The van der Waals surface area contributed by atoms with Gasteiger partial charge in [-0.1, -0.05) is 35.9 Å². The monoisotopic (exact) mass is 417 g/mol. The maximum absolute atomic E-state index is 13.3. The molecule has 0 radical (unpaired) electrons. The summed E-state index contributed by atoms with van der Waals surface area (Å²) in [5, 5.41) is 1.05. The molecule has 0 bridgehead atoms. The van der Waals surface area contributed by atoms with Crippen molar-refractivity contribution in [2.75, 3.05) is 26.2 Å². The number of aryl methyl sites for hydroxylation is 2. The third kappa shape index (κ3) is 3.61. The Labute approximate surface area is 182 Å². The Morgan fingerprint density at radius 3 is 2.65 bits per heavy atom. The van der Waals surface area contributed by atoms with Crippen LogP contribution >= 0.6 is 0 Å². The minimum Gasteiger partial charge on any atom is -0.365 e. The standard InChI is InChI=1S/C25H27N3O3/c1-17-7-8-21-20(13-17)14-22(26(21)2)24(29)28-11-12-31-23(16-28)25(30)27-10-9-18-5-3-4-6-19(18)15-27/h3-8,13-14,23H,9-12,15-16H2,1-2H3. The molecule has 160 valence electrons. The number of aromatic nitrogens is 1. The molecule has 2 aromatic carbocycles. The van der Waals surface area contributed by atoms with Gasteiger partial charge in [0.05, 0.1) is 13.2 Å². The van der Waals surface area contributed by atoms with Crippen molar-refractivity contribution in [2.24, 2.45) is 7.05 Å². The van der Waals surface area contributed by atoms with Crippen LogP contribution in [0.2, 0.25) is 0 Å². The first kappa shape index (κ1) is 19.8. The average molecular weight is 418 g/mol. The van der Waals surface area contributed by atoms with E-state index < -0.39 is 6.10 Å². The fourth-order valence-corrected chi connectivity index (χ4v) is 4.71. The van der Waals surface area contributed by atoms with Gasteiger partial charge in [0.1, 0.15) is 5.69 Å². The highest BCUT2D eigenvalue weighted by Gasteiger charge is 2.34. The lowest BCUT2D eigenvalue weighted by Gasteiger charge is -2.36. The molecule has 6 heteroatoms. The second kappa shape index (κ2) is 7.85. The first-order valence-corrected chi connectivity index (χ1v) is 10.8. The molecule has 0 N–H and O–H groups in total. The van der Waals surface area contributed by atoms with Crippen LogP contribution in [-0.2, 0) is 29.5 Å².